The second-order valence-corrected chi connectivity index (χ2v) is 5.64. The van der Waals surface area contributed by atoms with Gasteiger partial charge in [0, 0.05) is 5.02 Å². The first-order valence-corrected chi connectivity index (χ1v) is 7.08. The third-order valence-corrected chi connectivity index (χ3v) is 3.86. The van der Waals surface area contributed by atoms with Crippen molar-refractivity contribution in [1.82, 2.24) is 5.32 Å². The summed E-state index contributed by atoms with van der Waals surface area (Å²) in [6.45, 7) is 1.62. The van der Waals surface area contributed by atoms with Gasteiger partial charge >= 0.3 is 12.3 Å². The number of hydrogen-bond donors (Lipinski definition) is 2. The lowest BCUT2D eigenvalue weighted by atomic mass is 9.99. The molecule has 1 aromatic carbocycles. The van der Waals surface area contributed by atoms with Crippen molar-refractivity contribution in [3.63, 3.8) is 0 Å². The summed E-state index contributed by atoms with van der Waals surface area (Å²) in [5, 5.41) is 10.9. The Morgan fingerprint density at radius 1 is 1.45 bits per heavy atom. The van der Waals surface area contributed by atoms with Gasteiger partial charge in [-0.05, 0) is 37.5 Å². The summed E-state index contributed by atoms with van der Waals surface area (Å²) in [6.07, 6.45) is -6.03. The number of carboxylic acid groups (broad SMARTS) is 1. The number of ether oxygens (including phenoxy) is 1. The van der Waals surface area contributed by atoms with Gasteiger partial charge < -0.3 is 15.2 Å². The van der Waals surface area contributed by atoms with E-state index in [2.05, 4.69) is 5.32 Å². The van der Waals surface area contributed by atoms with Crippen LogP contribution in [-0.4, -0.2) is 23.3 Å². The van der Waals surface area contributed by atoms with E-state index in [1.54, 1.807) is 6.92 Å². The SMILES string of the molecule is C[C@H](NC(=O)O)[C@@H]1CC[C@H](c2ccc(Cl)cc2C(F)(F)F)O1. The molecule has 4 nitrogen and oxygen atoms in total. The maximum Gasteiger partial charge on any atom is 0.416 e. The van der Waals surface area contributed by atoms with Gasteiger partial charge in [0.1, 0.15) is 0 Å². The molecule has 0 bridgehead atoms. The molecule has 1 aliphatic heterocycles. The highest BCUT2D eigenvalue weighted by Gasteiger charge is 2.39. The first-order chi connectivity index (χ1) is 10.2. The Kier molecular flexibility index (Phi) is 4.87. The van der Waals surface area contributed by atoms with Crippen molar-refractivity contribution >= 4 is 17.7 Å². The fourth-order valence-corrected chi connectivity index (χ4v) is 2.77. The molecule has 2 rings (SSSR count). The van der Waals surface area contributed by atoms with Crippen LogP contribution in [0.25, 0.3) is 0 Å². The zero-order valence-corrected chi connectivity index (χ0v) is 12.4. The summed E-state index contributed by atoms with van der Waals surface area (Å²) in [5.74, 6) is 0. The highest BCUT2D eigenvalue weighted by molar-refractivity contribution is 6.30. The molecular weight excluding hydrogens is 323 g/mol. The fraction of sp³-hybridized carbons (Fsp3) is 0.500. The van der Waals surface area contributed by atoms with Crippen LogP contribution in [-0.2, 0) is 10.9 Å². The molecule has 0 aromatic heterocycles. The van der Waals surface area contributed by atoms with Gasteiger partial charge in [0.05, 0.1) is 23.8 Å². The second-order valence-electron chi connectivity index (χ2n) is 5.21. The molecule has 0 unspecified atom stereocenters. The van der Waals surface area contributed by atoms with Crippen LogP contribution in [0, 0.1) is 0 Å². The van der Waals surface area contributed by atoms with Crippen LogP contribution in [0.5, 0.6) is 0 Å². The normalized spacial score (nSPS) is 23.3. The van der Waals surface area contributed by atoms with Crippen molar-refractivity contribution in [3.05, 3.63) is 34.3 Å². The third-order valence-electron chi connectivity index (χ3n) is 3.63. The van der Waals surface area contributed by atoms with Crippen molar-refractivity contribution in [2.75, 3.05) is 0 Å². The summed E-state index contributed by atoms with van der Waals surface area (Å²) in [5.41, 5.74) is -0.786. The van der Waals surface area contributed by atoms with Gasteiger partial charge in [-0.15, -0.1) is 0 Å². The van der Waals surface area contributed by atoms with Crippen molar-refractivity contribution in [2.24, 2.45) is 0 Å². The number of alkyl halides is 3. The summed E-state index contributed by atoms with van der Waals surface area (Å²) in [4.78, 5) is 10.6. The van der Waals surface area contributed by atoms with E-state index in [4.69, 9.17) is 21.4 Å². The number of carbonyl (C=O) groups is 1. The lowest BCUT2D eigenvalue weighted by Gasteiger charge is -2.22. The summed E-state index contributed by atoms with van der Waals surface area (Å²) >= 11 is 5.65. The van der Waals surface area contributed by atoms with E-state index in [0.29, 0.717) is 12.8 Å². The van der Waals surface area contributed by atoms with E-state index in [-0.39, 0.29) is 10.6 Å². The lowest BCUT2D eigenvalue weighted by molar-refractivity contribution is -0.139. The van der Waals surface area contributed by atoms with E-state index >= 15 is 0 Å². The Morgan fingerprint density at radius 2 is 2.14 bits per heavy atom. The maximum absolute atomic E-state index is 13.1. The number of halogens is 4. The molecule has 1 heterocycles. The van der Waals surface area contributed by atoms with Crippen molar-refractivity contribution in [2.45, 2.75) is 44.2 Å². The van der Waals surface area contributed by atoms with Crippen LogP contribution >= 0.6 is 11.6 Å². The molecule has 22 heavy (non-hydrogen) atoms. The van der Waals surface area contributed by atoms with Gasteiger partial charge in [-0.3, -0.25) is 0 Å². The molecule has 0 spiro atoms. The number of rotatable bonds is 3. The summed E-state index contributed by atoms with van der Waals surface area (Å²) in [6, 6.07) is 3.09. The minimum atomic E-state index is -4.52. The van der Waals surface area contributed by atoms with Gasteiger partial charge in [-0.25, -0.2) is 4.79 Å². The van der Waals surface area contributed by atoms with Crippen LogP contribution in [0.2, 0.25) is 5.02 Å². The molecule has 8 heteroatoms. The average molecular weight is 338 g/mol. The van der Waals surface area contributed by atoms with Crippen LogP contribution in [0.3, 0.4) is 0 Å². The lowest BCUT2D eigenvalue weighted by Crippen LogP contribution is -2.40. The number of hydrogen-bond acceptors (Lipinski definition) is 2. The minimum Gasteiger partial charge on any atom is -0.465 e. The molecule has 0 saturated carbocycles. The van der Waals surface area contributed by atoms with Gasteiger partial charge in [0.15, 0.2) is 0 Å². The quantitative estimate of drug-likeness (QED) is 0.867. The van der Waals surface area contributed by atoms with Crippen molar-refractivity contribution in [3.8, 4) is 0 Å². The molecule has 3 atom stereocenters. The van der Waals surface area contributed by atoms with E-state index in [9.17, 15) is 18.0 Å². The Balaban J connectivity index is 2.19. The van der Waals surface area contributed by atoms with E-state index in [0.717, 1.165) is 6.07 Å². The van der Waals surface area contributed by atoms with Crippen molar-refractivity contribution in [1.29, 1.82) is 0 Å². The molecule has 122 valence electrons. The molecule has 1 amide bonds. The minimum absolute atomic E-state index is 0.00605. The fourth-order valence-electron chi connectivity index (χ4n) is 2.60. The predicted molar refractivity (Wildman–Crippen MR) is 73.9 cm³/mol. The predicted octanol–water partition coefficient (Wildman–Crippen LogP) is 4.24. The molecular formula is C14H15ClF3NO3. The van der Waals surface area contributed by atoms with Crippen molar-refractivity contribution < 1.29 is 27.8 Å². The van der Waals surface area contributed by atoms with Crippen LogP contribution < -0.4 is 5.32 Å². The monoisotopic (exact) mass is 337 g/mol. The number of amides is 1. The Labute approximate surface area is 130 Å². The third kappa shape index (κ3) is 3.84. The Bertz CT molecular complexity index is 565. The topological polar surface area (TPSA) is 58.6 Å². The maximum atomic E-state index is 13.1. The van der Waals surface area contributed by atoms with Crippen LogP contribution in [0.4, 0.5) is 18.0 Å². The smallest absolute Gasteiger partial charge is 0.416 e. The van der Waals surface area contributed by atoms with Gasteiger partial charge in [-0.1, -0.05) is 17.7 Å². The molecule has 1 aliphatic rings. The zero-order chi connectivity index (χ0) is 16.5. The van der Waals surface area contributed by atoms with Crippen LogP contribution in [0.1, 0.15) is 37.0 Å². The summed E-state index contributed by atoms with van der Waals surface area (Å²) in [7, 11) is 0. The first-order valence-electron chi connectivity index (χ1n) is 6.70. The Morgan fingerprint density at radius 3 is 2.73 bits per heavy atom. The molecule has 1 aromatic rings. The highest BCUT2D eigenvalue weighted by Crippen LogP contribution is 2.42. The second kappa shape index (κ2) is 6.34. The summed E-state index contributed by atoms with van der Waals surface area (Å²) < 4.78 is 44.9. The van der Waals surface area contributed by atoms with Gasteiger partial charge in [0.25, 0.3) is 0 Å². The van der Waals surface area contributed by atoms with Gasteiger partial charge in [0.2, 0.25) is 0 Å². The van der Waals surface area contributed by atoms with Crippen LogP contribution in [0.15, 0.2) is 18.2 Å². The zero-order valence-electron chi connectivity index (χ0n) is 11.7. The number of nitrogens with one attached hydrogen (secondary N) is 1. The van der Waals surface area contributed by atoms with Gasteiger partial charge in [-0.2, -0.15) is 13.2 Å². The number of benzene rings is 1. The van der Waals surface area contributed by atoms with E-state index < -0.39 is 36.1 Å². The Hall–Kier alpha value is -1.47. The largest absolute Gasteiger partial charge is 0.465 e. The molecule has 2 N–H and O–H groups in total. The van der Waals surface area contributed by atoms with E-state index in [1.807, 2.05) is 0 Å². The molecule has 1 saturated heterocycles. The first kappa shape index (κ1) is 16.9. The standard InChI is InChI=1S/C14H15ClF3NO3/c1-7(19-13(20)21)11-4-5-12(22-11)9-3-2-8(15)6-10(9)14(16,17)18/h2-3,6-7,11-12,19H,4-5H2,1H3,(H,20,21)/t7-,11-,12+/m0/s1. The molecule has 0 radical (unpaired) electrons. The van der Waals surface area contributed by atoms with E-state index in [1.165, 1.54) is 12.1 Å². The molecule has 1 fully saturated rings. The molecule has 0 aliphatic carbocycles. The highest BCUT2D eigenvalue weighted by atomic mass is 35.5. The average Bonchev–Trinajstić information content (AvgIpc) is 2.86.